The molecule has 0 spiro atoms. The molecule has 0 fully saturated rings. The van der Waals surface area contributed by atoms with E-state index in [-0.39, 0.29) is 21.2 Å². The number of anilines is 1. The van der Waals surface area contributed by atoms with E-state index < -0.39 is 16.0 Å². The van der Waals surface area contributed by atoms with Crippen LogP contribution in [0.5, 0.6) is 0 Å². The largest absolute Gasteiger partial charge is 0.478 e. The van der Waals surface area contributed by atoms with Crippen molar-refractivity contribution in [3.8, 4) is 0 Å². The van der Waals surface area contributed by atoms with Crippen LogP contribution in [-0.4, -0.2) is 19.5 Å². The lowest BCUT2D eigenvalue weighted by Crippen LogP contribution is -2.15. The predicted molar refractivity (Wildman–Crippen MR) is 88.1 cm³/mol. The standard InChI is InChI=1S/C14H11BrClNO4S/c1-8-2-3-9(14(18)19)6-13(8)22(20,21)17-12-5-4-10(15)7-11(12)16/h2-7,17H,1H3,(H,18,19). The number of carboxylic acid groups (broad SMARTS) is 1. The Hall–Kier alpha value is -1.57. The van der Waals surface area contributed by atoms with Crippen molar-refractivity contribution in [3.05, 3.63) is 57.0 Å². The topological polar surface area (TPSA) is 83.5 Å². The minimum absolute atomic E-state index is 0.104. The predicted octanol–water partition coefficient (Wildman–Crippen LogP) is 3.91. The minimum atomic E-state index is -3.95. The normalized spacial score (nSPS) is 11.2. The minimum Gasteiger partial charge on any atom is -0.478 e. The summed E-state index contributed by atoms with van der Waals surface area (Å²) in [4.78, 5) is 10.9. The van der Waals surface area contributed by atoms with Crippen molar-refractivity contribution in [3.63, 3.8) is 0 Å². The number of hydrogen-bond donors (Lipinski definition) is 2. The second-order valence-corrected chi connectivity index (χ2v) is 7.49. The molecular formula is C14H11BrClNO4S. The van der Waals surface area contributed by atoms with E-state index >= 15 is 0 Å². The average Bonchev–Trinajstić information content (AvgIpc) is 2.42. The summed E-state index contributed by atoms with van der Waals surface area (Å²) in [6, 6.07) is 8.63. The summed E-state index contributed by atoms with van der Waals surface area (Å²) in [7, 11) is -3.95. The van der Waals surface area contributed by atoms with E-state index in [4.69, 9.17) is 16.7 Å². The molecular weight excluding hydrogens is 394 g/mol. The van der Waals surface area contributed by atoms with Gasteiger partial charge in [-0.05, 0) is 42.8 Å². The van der Waals surface area contributed by atoms with Gasteiger partial charge in [0.05, 0.1) is 21.2 Å². The molecule has 0 aliphatic heterocycles. The SMILES string of the molecule is Cc1ccc(C(=O)O)cc1S(=O)(=O)Nc1ccc(Br)cc1Cl. The Morgan fingerprint density at radius 2 is 1.91 bits per heavy atom. The van der Waals surface area contributed by atoms with Gasteiger partial charge in [-0.15, -0.1) is 0 Å². The Balaban J connectivity index is 2.46. The molecule has 2 rings (SSSR count). The number of carboxylic acids is 1. The smallest absolute Gasteiger partial charge is 0.335 e. The van der Waals surface area contributed by atoms with Gasteiger partial charge in [-0.3, -0.25) is 4.72 Å². The van der Waals surface area contributed by atoms with Crippen LogP contribution in [0.3, 0.4) is 0 Å². The highest BCUT2D eigenvalue weighted by atomic mass is 79.9. The quantitative estimate of drug-likeness (QED) is 0.809. The third kappa shape index (κ3) is 3.60. The number of carbonyl (C=O) groups is 1. The zero-order valence-corrected chi connectivity index (χ0v) is 14.5. The van der Waals surface area contributed by atoms with Crippen LogP contribution in [0.1, 0.15) is 15.9 Å². The Bertz CT molecular complexity index is 852. The van der Waals surface area contributed by atoms with Crippen molar-refractivity contribution in [2.75, 3.05) is 4.72 Å². The molecule has 0 saturated carbocycles. The lowest BCUT2D eigenvalue weighted by molar-refractivity contribution is 0.0696. The van der Waals surface area contributed by atoms with Gasteiger partial charge in [-0.25, -0.2) is 13.2 Å². The molecule has 2 aromatic carbocycles. The van der Waals surface area contributed by atoms with E-state index in [9.17, 15) is 13.2 Å². The summed E-state index contributed by atoms with van der Waals surface area (Å²) in [6.07, 6.45) is 0. The molecule has 0 unspecified atom stereocenters. The highest BCUT2D eigenvalue weighted by Gasteiger charge is 2.20. The first-order chi connectivity index (χ1) is 10.2. The van der Waals surface area contributed by atoms with E-state index in [1.165, 1.54) is 18.2 Å². The highest BCUT2D eigenvalue weighted by Crippen LogP contribution is 2.28. The monoisotopic (exact) mass is 403 g/mol. The van der Waals surface area contributed by atoms with Gasteiger partial charge in [0.1, 0.15) is 0 Å². The van der Waals surface area contributed by atoms with Gasteiger partial charge in [0.15, 0.2) is 0 Å². The highest BCUT2D eigenvalue weighted by molar-refractivity contribution is 9.10. The first kappa shape index (κ1) is 16.8. The molecule has 0 bridgehead atoms. The molecule has 0 radical (unpaired) electrons. The molecule has 22 heavy (non-hydrogen) atoms. The van der Waals surface area contributed by atoms with Gasteiger partial charge in [-0.2, -0.15) is 0 Å². The third-order valence-corrected chi connectivity index (χ3v) is 5.21. The number of halogens is 2. The number of rotatable bonds is 4. The van der Waals surface area contributed by atoms with Gasteiger partial charge in [-0.1, -0.05) is 33.6 Å². The van der Waals surface area contributed by atoms with Crippen LogP contribution < -0.4 is 4.72 Å². The van der Waals surface area contributed by atoms with Gasteiger partial charge in [0.2, 0.25) is 0 Å². The maximum absolute atomic E-state index is 12.5. The molecule has 0 aliphatic rings. The first-order valence-corrected chi connectivity index (χ1v) is 8.68. The molecule has 0 saturated heterocycles. The van der Waals surface area contributed by atoms with Crippen molar-refractivity contribution in [2.45, 2.75) is 11.8 Å². The van der Waals surface area contributed by atoms with Crippen LogP contribution in [0.4, 0.5) is 5.69 Å². The van der Waals surface area contributed by atoms with E-state index in [0.29, 0.717) is 10.0 Å². The number of hydrogen-bond acceptors (Lipinski definition) is 3. The molecule has 0 aromatic heterocycles. The molecule has 5 nitrogen and oxygen atoms in total. The Kier molecular flexibility index (Phi) is 4.79. The number of aryl methyl sites for hydroxylation is 1. The van der Waals surface area contributed by atoms with Crippen molar-refractivity contribution in [1.29, 1.82) is 0 Å². The van der Waals surface area contributed by atoms with E-state index in [0.717, 1.165) is 6.07 Å². The van der Waals surface area contributed by atoms with Crippen molar-refractivity contribution < 1.29 is 18.3 Å². The number of aromatic carboxylic acids is 1. The zero-order valence-electron chi connectivity index (χ0n) is 11.3. The van der Waals surface area contributed by atoms with Gasteiger partial charge >= 0.3 is 5.97 Å². The molecule has 0 amide bonds. The Morgan fingerprint density at radius 3 is 2.50 bits per heavy atom. The fourth-order valence-corrected chi connectivity index (χ4v) is 3.92. The lowest BCUT2D eigenvalue weighted by atomic mass is 10.1. The molecule has 2 N–H and O–H groups in total. The van der Waals surface area contributed by atoms with Crippen molar-refractivity contribution in [2.24, 2.45) is 0 Å². The number of sulfonamides is 1. The van der Waals surface area contributed by atoms with Crippen LogP contribution in [-0.2, 0) is 10.0 Å². The summed E-state index contributed by atoms with van der Waals surface area (Å²) in [5, 5.41) is 9.22. The van der Waals surface area contributed by atoms with Crippen molar-refractivity contribution >= 4 is 49.2 Å². The summed E-state index contributed by atoms with van der Waals surface area (Å²) in [5.41, 5.74) is 0.545. The lowest BCUT2D eigenvalue weighted by Gasteiger charge is -2.12. The molecule has 0 heterocycles. The summed E-state index contributed by atoms with van der Waals surface area (Å²) in [6.45, 7) is 1.59. The molecule has 8 heteroatoms. The zero-order chi connectivity index (χ0) is 16.5. The van der Waals surface area contributed by atoms with Gasteiger partial charge in [0, 0.05) is 4.47 Å². The van der Waals surface area contributed by atoms with Crippen LogP contribution in [0.15, 0.2) is 45.8 Å². The molecule has 116 valence electrons. The maximum Gasteiger partial charge on any atom is 0.335 e. The van der Waals surface area contributed by atoms with E-state index in [1.54, 1.807) is 19.1 Å². The van der Waals surface area contributed by atoms with Crippen LogP contribution in [0, 0.1) is 6.92 Å². The number of benzene rings is 2. The average molecular weight is 405 g/mol. The number of nitrogens with one attached hydrogen (secondary N) is 1. The molecule has 0 aliphatic carbocycles. The van der Waals surface area contributed by atoms with Crippen LogP contribution in [0.25, 0.3) is 0 Å². The maximum atomic E-state index is 12.5. The fourth-order valence-electron chi connectivity index (χ4n) is 1.79. The summed E-state index contributed by atoms with van der Waals surface area (Å²) < 4.78 is 28.0. The Morgan fingerprint density at radius 1 is 1.23 bits per heavy atom. The summed E-state index contributed by atoms with van der Waals surface area (Å²) in [5.74, 6) is -1.20. The molecule has 2 aromatic rings. The van der Waals surface area contributed by atoms with E-state index in [2.05, 4.69) is 20.7 Å². The van der Waals surface area contributed by atoms with E-state index in [1.807, 2.05) is 0 Å². The van der Waals surface area contributed by atoms with Crippen molar-refractivity contribution in [1.82, 2.24) is 0 Å². The molecule has 0 atom stereocenters. The third-order valence-electron chi connectivity index (χ3n) is 2.90. The second kappa shape index (κ2) is 6.28. The fraction of sp³-hybridized carbons (Fsp3) is 0.0714. The Labute approximate surface area is 141 Å². The van der Waals surface area contributed by atoms with Crippen LogP contribution in [0.2, 0.25) is 5.02 Å². The van der Waals surface area contributed by atoms with Gasteiger partial charge < -0.3 is 5.11 Å². The van der Waals surface area contributed by atoms with Crippen LogP contribution >= 0.6 is 27.5 Å². The summed E-state index contributed by atoms with van der Waals surface area (Å²) >= 11 is 9.22. The first-order valence-electron chi connectivity index (χ1n) is 6.02. The van der Waals surface area contributed by atoms with Gasteiger partial charge in [0.25, 0.3) is 10.0 Å². The second-order valence-electron chi connectivity index (χ2n) is 4.52.